The van der Waals surface area contributed by atoms with Crippen molar-refractivity contribution in [2.45, 2.75) is 59.3 Å². The first-order chi connectivity index (χ1) is 12.6. The van der Waals surface area contributed by atoms with Gasteiger partial charge >= 0.3 is 0 Å². The summed E-state index contributed by atoms with van der Waals surface area (Å²) in [6.07, 6.45) is 11.2. The molecule has 26 heavy (non-hydrogen) atoms. The molecule has 0 bridgehead atoms. The molecule has 0 fully saturated rings. The van der Waals surface area contributed by atoms with Crippen LogP contribution in [0.25, 0.3) is 5.57 Å². The van der Waals surface area contributed by atoms with Crippen molar-refractivity contribution in [2.75, 3.05) is 13.2 Å². The summed E-state index contributed by atoms with van der Waals surface area (Å²) in [6.45, 7) is 11.4. The fourth-order valence-electron chi connectivity index (χ4n) is 2.49. The van der Waals surface area contributed by atoms with Crippen LogP contribution in [0.1, 0.15) is 64.9 Å². The highest BCUT2D eigenvalue weighted by Gasteiger charge is 2.01. The van der Waals surface area contributed by atoms with E-state index in [1.807, 2.05) is 44.2 Å². The lowest BCUT2D eigenvalue weighted by molar-refractivity contribution is 0.293. The maximum absolute atomic E-state index is 6.03. The molecule has 0 saturated heterocycles. The van der Waals surface area contributed by atoms with E-state index in [0.29, 0.717) is 11.6 Å². The molecule has 0 radical (unpaired) electrons. The van der Waals surface area contributed by atoms with E-state index in [0.717, 1.165) is 35.5 Å². The lowest BCUT2D eigenvalue weighted by Gasteiger charge is -2.09. The van der Waals surface area contributed by atoms with Gasteiger partial charge in [-0.15, -0.1) is 0 Å². The number of allylic oxidation sites excluding steroid dienone is 3. The predicted molar refractivity (Wildman–Crippen MR) is 114 cm³/mol. The molecule has 0 heterocycles. The van der Waals surface area contributed by atoms with E-state index in [4.69, 9.17) is 21.1 Å². The Hall–Kier alpha value is -1.67. The third-order valence-electron chi connectivity index (χ3n) is 4.18. The van der Waals surface area contributed by atoms with Crippen LogP contribution in [-0.2, 0) is 4.74 Å². The summed E-state index contributed by atoms with van der Waals surface area (Å²) >= 11 is 6.03. The van der Waals surface area contributed by atoms with Crippen molar-refractivity contribution >= 4 is 17.2 Å². The Kier molecular flexibility index (Phi) is 11.6. The second kappa shape index (κ2) is 13.5. The van der Waals surface area contributed by atoms with Gasteiger partial charge in [-0.2, -0.15) is 0 Å². The Balaban J connectivity index is 2.32. The molecule has 0 N–H and O–H groups in total. The lowest BCUT2D eigenvalue weighted by Crippen LogP contribution is -1.98. The highest BCUT2D eigenvalue weighted by molar-refractivity contribution is 6.31. The molecule has 0 spiro atoms. The minimum Gasteiger partial charge on any atom is -0.496 e. The van der Waals surface area contributed by atoms with Gasteiger partial charge in [0.1, 0.15) is 12.4 Å². The zero-order chi connectivity index (χ0) is 19.2. The van der Waals surface area contributed by atoms with Crippen LogP contribution in [0.3, 0.4) is 0 Å². The normalized spacial score (nSPS) is 12.2. The molecule has 1 rings (SSSR count). The monoisotopic (exact) mass is 376 g/mol. The van der Waals surface area contributed by atoms with Crippen molar-refractivity contribution in [1.82, 2.24) is 0 Å². The largest absolute Gasteiger partial charge is 0.496 e. The molecule has 0 aromatic heterocycles. The average Bonchev–Trinajstić information content (AvgIpc) is 2.66. The summed E-state index contributed by atoms with van der Waals surface area (Å²) < 4.78 is 11.4. The van der Waals surface area contributed by atoms with Crippen LogP contribution in [0, 0.1) is 0 Å². The number of benzene rings is 1. The van der Waals surface area contributed by atoms with Gasteiger partial charge in [-0.25, -0.2) is 0 Å². The number of ether oxygens (including phenoxy) is 2. The summed E-state index contributed by atoms with van der Waals surface area (Å²) in [7, 11) is 0. The number of halogens is 1. The number of hydrogen-bond acceptors (Lipinski definition) is 2. The maximum Gasteiger partial charge on any atom is 0.119 e. The molecule has 2 nitrogen and oxygen atoms in total. The van der Waals surface area contributed by atoms with Crippen molar-refractivity contribution < 1.29 is 9.47 Å². The van der Waals surface area contributed by atoms with Gasteiger partial charge in [-0.1, -0.05) is 75.4 Å². The van der Waals surface area contributed by atoms with Crippen LogP contribution < -0.4 is 4.74 Å². The van der Waals surface area contributed by atoms with Gasteiger partial charge in [-0.05, 0) is 43.5 Å². The molecule has 0 aliphatic rings. The van der Waals surface area contributed by atoms with E-state index in [1.165, 1.54) is 32.1 Å². The topological polar surface area (TPSA) is 18.5 Å². The fourth-order valence-corrected chi connectivity index (χ4v) is 2.54. The quantitative estimate of drug-likeness (QED) is 0.201. The van der Waals surface area contributed by atoms with E-state index >= 15 is 0 Å². The van der Waals surface area contributed by atoms with Crippen molar-refractivity contribution in [3.05, 3.63) is 59.4 Å². The minimum absolute atomic E-state index is 0.434. The van der Waals surface area contributed by atoms with Crippen LogP contribution in [-0.4, -0.2) is 13.2 Å². The van der Waals surface area contributed by atoms with E-state index in [-0.39, 0.29) is 0 Å². The van der Waals surface area contributed by atoms with E-state index in [1.54, 1.807) is 6.26 Å². The zero-order valence-corrected chi connectivity index (χ0v) is 17.3. The summed E-state index contributed by atoms with van der Waals surface area (Å²) in [5.41, 5.74) is 2.88. The molecular weight excluding hydrogens is 344 g/mol. The highest BCUT2D eigenvalue weighted by Crippen LogP contribution is 2.19. The Morgan fingerprint density at radius 3 is 2.38 bits per heavy atom. The summed E-state index contributed by atoms with van der Waals surface area (Å²) in [6, 6.07) is 8.04. The predicted octanol–water partition coefficient (Wildman–Crippen LogP) is 7.50. The molecular formula is C23H33ClO2. The third-order valence-corrected chi connectivity index (χ3v) is 4.69. The zero-order valence-electron chi connectivity index (χ0n) is 16.5. The molecule has 1 aromatic rings. The highest BCUT2D eigenvalue weighted by atomic mass is 35.5. The summed E-state index contributed by atoms with van der Waals surface area (Å²) in [5.74, 6) is 0.909. The molecule has 0 aliphatic heterocycles. The van der Waals surface area contributed by atoms with Crippen molar-refractivity contribution in [3.63, 3.8) is 0 Å². The van der Waals surface area contributed by atoms with Crippen molar-refractivity contribution in [2.24, 2.45) is 0 Å². The summed E-state index contributed by atoms with van der Waals surface area (Å²) in [5, 5.41) is 0.697. The Morgan fingerprint density at radius 2 is 1.73 bits per heavy atom. The van der Waals surface area contributed by atoms with Crippen LogP contribution >= 0.6 is 11.6 Å². The van der Waals surface area contributed by atoms with Crippen LogP contribution in [0.2, 0.25) is 0 Å². The minimum atomic E-state index is 0.434. The molecule has 0 atom stereocenters. The first-order valence-corrected chi connectivity index (χ1v) is 9.97. The molecule has 0 saturated carbocycles. The fraction of sp³-hybridized carbons (Fsp3) is 0.478. The SMILES string of the molecule is C=C(CO/C=C(C)\C(Cl)=C/C)c1ccc(OCCCCCCCC)cc1. The van der Waals surface area contributed by atoms with Gasteiger partial charge in [0.05, 0.1) is 12.9 Å². The Morgan fingerprint density at radius 1 is 1.08 bits per heavy atom. The van der Waals surface area contributed by atoms with Crippen LogP contribution in [0.5, 0.6) is 5.75 Å². The summed E-state index contributed by atoms with van der Waals surface area (Å²) in [4.78, 5) is 0. The van der Waals surface area contributed by atoms with Gasteiger partial charge in [0, 0.05) is 10.6 Å². The number of unbranched alkanes of at least 4 members (excludes halogenated alkanes) is 5. The molecule has 0 amide bonds. The van der Waals surface area contributed by atoms with E-state index in [9.17, 15) is 0 Å². The smallest absolute Gasteiger partial charge is 0.119 e. The van der Waals surface area contributed by atoms with E-state index in [2.05, 4.69) is 13.5 Å². The number of rotatable bonds is 13. The van der Waals surface area contributed by atoms with Crippen molar-refractivity contribution in [3.8, 4) is 5.75 Å². The standard InChI is InChI=1S/C23H33ClO2/c1-5-7-8-9-10-11-16-26-22-14-12-21(13-15-22)19(3)17-25-18-20(4)23(24)6-2/h6,12-15,18H,3,5,7-11,16-17H2,1-2,4H3/b20-18-,23-6+. The first-order valence-electron chi connectivity index (χ1n) is 9.60. The molecule has 144 valence electrons. The van der Waals surface area contributed by atoms with Gasteiger partial charge in [0.25, 0.3) is 0 Å². The van der Waals surface area contributed by atoms with Gasteiger partial charge in [0.2, 0.25) is 0 Å². The Labute approximate surface area is 164 Å². The molecule has 0 aliphatic carbocycles. The van der Waals surface area contributed by atoms with Gasteiger partial charge in [0.15, 0.2) is 0 Å². The van der Waals surface area contributed by atoms with Crippen LogP contribution in [0.15, 0.2) is 53.8 Å². The number of hydrogen-bond donors (Lipinski definition) is 0. The van der Waals surface area contributed by atoms with Gasteiger partial charge in [-0.3, -0.25) is 0 Å². The molecule has 1 aromatic carbocycles. The second-order valence-corrected chi connectivity index (χ2v) is 6.90. The molecule has 0 unspecified atom stereocenters. The lowest BCUT2D eigenvalue weighted by atomic mass is 10.1. The average molecular weight is 377 g/mol. The van der Waals surface area contributed by atoms with Gasteiger partial charge < -0.3 is 9.47 Å². The maximum atomic E-state index is 6.03. The Bertz CT molecular complexity index is 585. The first kappa shape index (κ1) is 22.4. The molecule has 3 heteroatoms. The van der Waals surface area contributed by atoms with E-state index < -0.39 is 0 Å². The van der Waals surface area contributed by atoms with Crippen molar-refractivity contribution in [1.29, 1.82) is 0 Å². The second-order valence-electron chi connectivity index (χ2n) is 6.49. The third kappa shape index (κ3) is 9.15. The van der Waals surface area contributed by atoms with Crippen LogP contribution in [0.4, 0.5) is 0 Å².